The Hall–Kier alpha value is -0.610. The molecular formula is C12H15BrFNO. The first-order chi connectivity index (χ1) is 7.66. The van der Waals surface area contributed by atoms with Gasteiger partial charge in [-0.1, -0.05) is 0 Å². The number of halogens is 2. The molecule has 1 N–H and O–H groups in total. The predicted molar refractivity (Wildman–Crippen MR) is 66.3 cm³/mol. The van der Waals surface area contributed by atoms with Crippen molar-refractivity contribution >= 4 is 21.6 Å². The third-order valence-electron chi connectivity index (χ3n) is 2.85. The van der Waals surface area contributed by atoms with E-state index in [0.717, 1.165) is 37.3 Å². The van der Waals surface area contributed by atoms with E-state index in [4.69, 9.17) is 4.74 Å². The molecule has 1 aliphatic rings. The molecule has 0 atom stereocenters. The zero-order valence-corrected chi connectivity index (χ0v) is 10.8. The molecule has 1 aromatic carbocycles. The molecule has 0 radical (unpaired) electrons. The molecule has 2 nitrogen and oxygen atoms in total. The molecule has 1 fully saturated rings. The Morgan fingerprint density at radius 1 is 1.38 bits per heavy atom. The number of benzene rings is 1. The van der Waals surface area contributed by atoms with Gasteiger partial charge in [0, 0.05) is 24.9 Å². The van der Waals surface area contributed by atoms with E-state index in [1.807, 2.05) is 6.92 Å². The van der Waals surface area contributed by atoms with Crippen LogP contribution in [0.25, 0.3) is 0 Å². The summed E-state index contributed by atoms with van der Waals surface area (Å²) in [6.07, 6.45) is 2.02. The minimum atomic E-state index is -0.213. The third-order valence-corrected chi connectivity index (χ3v) is 3.46. The summed E-state index contributed by atoms with van der Waals surface area (Å²) in [5, 5.41) is 3.44. The highest BCUT2D eigenvalue weighted by molar-refractivity contribution is 9.10. The van der Waals surface area contributed by atoms with Crippen LogP contribution in [0.1, 0.15) is 18.4 Å². The van der Waals surface area contributed by atoms with Crippen molar-refractivity contribution in [2.24, 2.45) is 0 Å². The van der Waals surface area contributed by atoms with E-state index in [1.165, 1.54) is 0 Å². The van der Waals surface area contributed by atoms with Gasteiger partial charge in [-0.05, 0) is 53.4 Å². The molecule has 88 valence electrons. The van der Waals surface area contributed by atoms with Crippen LogP contribution in [-0.2, 0) is 4.74 Å². The van der Waals surface area contributed by atoms with Crippen LogP contribution >= 0.6 is 15.9 Å². The number of hydrogen-bond acceptors (Lipinski definition) is 2. The molecule has 1 saturated heterocycles. The molecule has 16 heavy (non-hydrogen) atoms. The van der Waals surface area contributed by atoms with E-state index in [-0.39, 0.29) is 5.82 Å². The quantitative estimate of drug-likeness (QED) is 0.899. The molecule has 0 saturated carbocycles. The number of ether oxygens (including phenoxy) is 1. The topological polar surface area (TPSA) is 21.3 Å². The molecule has 0 aromatic heterocycles. The number of hydrogen-bond donors (Lipinski definition) is 1. The Morgan fingerprint density at radius 3 is 2.75 bits per heavy atom. The highest BCUT2D eigenvalue weighted by Crippen LogP contribution is 2.26. The van der Waals surface area contributed by atoms with Gasteiger partial charge < -0.3 is 10.1 Å². The van der Waals surface area contributed by atoms with E-state index >= 15 is 0 Å². The minimum absolute atomic E-state index is 0.213. The number of aryl methyl sites for hydroxylation is 1. The van der Waals surface area contributed by atoms with Gasteiger partial charge in [0.05, 0.1) is 4.47 Å². The standard InChI is InChI=1S/C12H15BrFNO/c1-8-6-11(14)10(13)7-12(8)15-9-2-4-16-5-3-9/h6-7,9,15H,2-5H2,1H3. The van der Waals surface area contributed by atoms with Crippen molar-refractivity contribution in [2.45, 2.75) is 25.8 Å². The lowest BCUT2D eigenvalue weighted by atomic mass is 10.1. The van der Waals surface area contributed by atoms with Crippen LogP contribution in [0.5, 0.6) is 0 Å². The van der Waals surface area contributed by atoms with Gasteiger partial charge in [-0.3, -0.25) is 0 Å². The van der Waals surface area contributed by atoms with E-state index < -0.39 is 0 Å². The second kappa shape index (κ2) is 5.15. The summed E-state index contributed by atoms with van der Waals surface area (Å²) in [6, 6.07) is 3.79. The number of nitrogens with one attached hydrogen (secondary N) is 1. The molecular weight excluding hydrogens is 273 g/mol. The predicted octanol–water partition coefficient (Wildman–Crippen LogP) is 3.49. The summed E-state index contributed by atoms with van der Waals surface area (Å²) in [5.41, 5.74) is 1.94. The fourth-order valence-corrected chi connectivity index (χ4v) is 2.21. The molecule has 0 amide bonds. The first-order valence-corrected chi connectivity index (χ1v) is 6.26. The monoisotopic (exact) mass is 287 g/mol. The van der Waals surface area contributed by atoms with Gasteiger partial charge >= 0.3 is 0 Å². The first-order valence-electron chi connectivity index (χ1n) is 5.47. The highest BCUT2D eigenvalue weighted by atomic mass is 79.9. The maximum absolute atomic E-state index is 13.2. The number of anilines is 1. The van der Waals surface area contributed by atoms with Gasteiger partial charge in [0.2, 0.25) is 0 Å². The van der Waals surface area contributed by atoms with E-state index in [2.05, 4.69) is 21.2 Å². The fraction of sp³-hybridized carbons (Fsp3) is 0.500. The number of rotatable bonds is 2. The smallest absolute Gasteiger partial charge is 0.137 e. The highest BCUT2D eigenvalue weighted by Gasteiger charge is 2.15. The van der Waals surface area contributed by atoms with E-state index in [0.29, 0.717) is 10.5 Å². The van der Waals surface area contributed by atoms with Crippen LogP contribution in [0.2, 0.25) is 0 Å². The molecule has 4 heteroatoms. The average Bonchev–Trinajstić information content (AvgIpc) is 2.27. The Morgan fingerprint density at radius 2 is 2.06 bits per heavy atom. The molecule has 0 spiro atoms. The Kier molecular flexibility index (Phi) is 3.82. The van der Waals surface area contributed by atoms with Crippen LogP contribution in [0.15, 0.2) is 16.6 Å². The van der Waals surface area contributed by atoms with Gasteiger partial charge in [0.1, 0.15) is 5.82 Å². The lowest BCUT2D eigenvalue weighted by molar-refractivity contribution is 0.0904. The van der Waals surface area contributed by atoms with Crippen molar-refractivity contribution in [3.05, 3.63) is 28.0 Å². The zero-order valence-electron chi connectivity index (χ0n) is 9.22. The molecule has 0 bridgehead atoms. The van der Waals surface area contributed by atoms with Crippen molar-refractivity contribution in [3.8, 4) is 0 Å². The van der Waals surface area contributed by atoms with Crippen molar-refractivity contribution in [3.63, 3.8) is 0 Å². The summed E-state index contributed by atoms with van der Waals surface area (Å²) >= 11 is 3.21. The largest absolute Gasteiger partial charge is 0.382 e. The Balaban J connectivity index is 2.11. The molecule has 0 aliphatic carbocycles. The zero-order chi connectivity index (χ0) is 11.5. The third kappa shape index (κ3) is 2.74. The molecule has 1 heterocycles. The Bertz CT molecular complexity index is 378. The minimum Gasteiger partial charge on any atom is -0.382 e. The van der Waals surface area contributed by atoms with Crippen LogP contribution in [0, 0.1) is 12.7 Å². The van der Waals surface area contributed by atoms with Gasteiger partial charge in [-0.15, -0.1) is 0 Å². The summed E-state index contributed by atoms with van der Waals surface area (Å²) in [5.74, 6) is -0.213. The summed E-state index contributed by atoms with van der Waals surface area (Å²) < 4.78 is 19.1. The maximum atomic E-state index is 13.2. The van der Waals surface area contributed by atoms with Crippen molar-refractivity contribution < 1.29 is 9.13 Å². The van der Waals surface area contributed by atoms with Gasteiger partial charge in [0.25, 0.3) is 0 Å². The molecule has 0 unspecified atom stereocenters. The molecule has 1 aromatic rings. The molecule has 2 rings (SSSR count). The fourth-order valence-electron chi connectivity index (χ4n) is 1.86. The lowest BCUT2D eigenvalue weighted by Gasteiger charge is -2.25. The van der Waals surface area contributed by atoms with E-state index in [9.17, 15) is 4.39 Å². The van der Waals surface area contributed by atoms with Crippen molar-refractivity contribution in [1.82, 2.24) is 0 Å². The normalized spacial score (nSPS) is 17.4. The molecule has 1 aliphatic heterocycles. The van der Waals surface area contributed by atoms with Crippen LogP contribution in [-0.4, -0.2) is 19.3 Å². The SMILES string of the molecule is Cc1cc(F)c(Br)cc1NC1CCOCC1. The lowest BCUT2D eigenvalue weighted by Crippen LogP contribution is -2.28. The van der Waals surface area contributed by atoms with Gasteiger partial charge in [0.15, 0.2) is 0 Å². The Labute approximate surface area is 103 Å². The first kappa shape index (κ1) is 11.9. The summed E-state index contributed by atoms with van der Waals surface area (Å²) in [7, 11) is 0. The van der Waals surface area contributed by atoms with Crippen LogP contribution in [0.4, 0.5) is 10.1 Å². The van der Waals surface area contributed by atoms with Crippen molar-refractivity contribution in [2.75, 3.05) is 18.5 Å². The van der Waals surface area contributed by atoms with Crippen LogP contribution < -0.4 is 5.32 Å². The van der Waals surface area contributed by atoms with Gasteiger partial charge in [-0.25, -0.2) is 4.39 Å². The average molecular weight is 288 g/mol. The van der Waals surface area contributed by atoms with Crippen molar-refractivity contribution in [1.29, 1.82) is 0 Å². The second-order valence-electron chi connectivity index (χ2n) is 4.11. The van der Waals surface area contributed by atoms with Crippen LogP contribution in [0.3, 0.4) is 0 Å². The maximum Gasteiger partial charge on any atom is 0.137 e. The van der Waals surface area contributed by atoms with E-state index in [1.54, 1.807) is 12.1 Å². The summed E-state index contributed by atoms with van der Waals surface area (Å²) in [6.45, 7) is 3.52. The summed E-state index contributed by atoms with van der Waals surface area (Å²) in [4.78, 5) is 0. The second-order valence-corrected chi connectivity index (χ2v) is 4.97. The van der Waals surface area contributed by atoms with Gasteiger partial charge in [-0.2, -0.15) is 0 Å².